The van der Waals surface area contributed by atoms with Crippen molar-refractivity contribution in [1.29, 1.82) is 0 Å². The molecule has 1 unspecified atom stereocenters. The number of amides is 1. The van der Waals surface area contributed by atoms with Gasteiger partial charge >= 0.3 is 12.0 Å². The summed E-state index contributed by atoms with van der Waals surface area (Å²) in [5, 5.41) is 3.76. The molecule has 1 N–H and O–H groups in total. The average molecular weight is 320 g/mol. The van der Waals surface area contributed by atoms with Crippen molar-refractivity contribution in [2.45, 2.75) is 12.5 Å². The summed E-state index contributed by atoms with van der Waals surface area (Å²) in [6.07, 6.45) is 0. The number of aromatic nitrogens is 1. The van der Waals surface area contributed by atoms with Gasteiger partial charge in [-0.05, 0) is 24.6 Å². The van der Waals surface area contributed by atoms with E-state index in [4.69, 9.17) is 4.74 Å². The predicted octanol–water partition coefficient (Wildman–Crippen LogP) is 3.02. The highest BCUT2D eigenvalue weighted by atomic mass is 16.5. The lowest BCUT2D eigenvalue weighted by Gasteiger charge is -2.26. The second-order valence-electron chi connectivity index (χ2n) is 5.69. The first-order valence-electron chi connectivity index (χ1n) is 7.84. The lowest BCUT2D eigenvalue weighted by Crippen LogP contribution is -2.48. The molecular weight excluding hydrogens is 304 g/mol. The van der Waals surface area contributed by atoms with Gasteiger partial charge in [0.05, 0.1) is 17.8 Å². The van der Waals surface area contributed by atoms with Gasteiger partial charge in [-0.2, -0.15) is 0 Å². The monoisotopic (exact) mass is 320 g/mol. The predicted molar refractivity (Wildman–Crippen MR) is 89.7 cm³/mol. The SMILES string of the molecule is CCOC(=O)C1(c2ccccc2)NC(=O)n2c1cc1ccccc12. The fourth-order valence-electron chi connectivity index (χ4n) is 3.35. The number of carbonyl (C=O) groups excluding carboxylic acids is 2. The normalized spacial score (nSPS) is 19.1. The van der Waals surface area contributed by atoms with Crippen molar-refractivity contribution < 1.29 is 14.3 Å². The second-order valence-corrected chi connectivity index (χ2v) is 5.69. The first kappa shape index (κ1) is 14.5. The van der Waals surface area contributed by atoms with Crippen molar-refractivity contribution in [2.75, 3.05) is 6.61 Å². The highest BCUT2D eigenvalue weighted by molar-refractivity contribution is 6.03. The molecule has 1 atom stereocenters. The molecular formula is C19H16N2O3. The van der Waals surface area contributed by atoms with Gasteiger partial charge in [0, 0.05) is 5.39 Å². The summed E-state index contributed by atoms with van der Waals surface area (Å²) in [6, 6.07) is 18.3. The smallest absolute Gasteiger partial charge is 0.342 e. The van der Waals surface area contributed by atoms with E-state index in [0.29, 0.717) is 11.3 Å². The Morgan fingerprint density at radius 2 is 1.83 bits per heavy atom. The Balaban J connectivity index is 2.04. The minimum Gasteiger partial charge on any atom is -0.464 e. The van der Waals surface area contributed by atoms with Crippen LogP contribution in [0, 0.1) is 0 Å². The Morgan fingerprint density at radius 3 is 2.58 bits per heavy atom. The summed E-state index contributed by atoms with van der Waals surface area (Å²) < 4.78 is 6.87. The Hall–Kier alpha value is -3.08. The molecule has 0 bridgehead atoms. The van der Waals surface area contributed by atoms with Gasteiger partial charge in [-0.15, -0.1) is 0 Å². The van der Waals surface area contributed by atoms with E-state index >= 15 is 0 Å². The van der Waals surface area contributed by atoms with Crippen molar-refractivity contribution in [3.8, 4) is 0 Å². The zero-order chi connectivity index (χ0) is 16.7. The molecule has 0 aliphatic carbocycles. The third-order valence-corrected chi connectivity index (χ3v) is 4.38. The van der Waals surface area contributed by atoms with Crippen LogP contribution < -0.4 is 5.32 Å². The third-order valence-electron chi connectivity index (χ3n) is 4.38. The molecule has 5 nitrogen and oxygen atoms in total. The molecule has 5 heteroatoms. The van der Waals surface area contributed by atoms with Crippen molar-refractivity contribution in [3.05, 3.63) is 71.9 Å². The highest BCUT2D eigenvalue weighted by Crippen LogP contribution is 2.39. The quantitative estimate of drug-likeness (QED) is 0.755. The zero-order valence-corrected chi connectivity index (χ0v) is 13.2. The molecule has 24 heavy (non-hydrogen) atoms. The number of hydrogen-bond acceptors (Lipinski definition) is 3. The maximum Gasteiger partial charge on any atom is 0.342 e. The standard InChI is InChI=1S/C19H16N2O3/c1-2-24-17(22)19(14-9-4-3-5-10-14)16-12-13-8-6-7-11-15(13)21(16)18(23)20-19/h3-12H,2H2,1H3,(H,20,23). The zero-order valence-electron chi connectivity index (χ0n) is 13.2. The van der Waals surface area contributed by atoms with E-state index < -0.39 is 11.5 Å². The summed E-state index contributed by atoms with van der Waals surface area (Å²) in [4.78, 5) is 25.6. The minimum absolute atomic E-state index is 0.240. The minimum atomic E-state index is -1.33. The van der Waals surface area contributed by atoms with E-state index in [1.54, 1.807) is 11.5 Å². The summed E-state index contributed by atoms with van der Waals surface area (Å²) >= 11 is 0. The molecule has 1 aliphatic rings. The molecule has 2 heterocycles. The van der Waals surface area contributed by atoms with Crippen LogP contribution in [0.4, 0.5) is 4.79 Å². The number of nitrogens with zero attached hydrogens (tertiary/aromatic N) is 1. The van der Waals surface area contributed by atoms with Crippen molar-refractivity contribution in [1.82, 2.24) is 9.88 Å². The van der Waals surface area contributed by atoms with Gasteiger partial charge in [0.25, 0.3) is 0 Å². The molecule has 1 aliphatic heterocycles. The molecule has 0 radical (unpaired) electrons. The van der Waals surface area contributed by atoms with Gasteiger partial charge in [-0.1, -0.05) is 48.5 Å². The van der Waals surface area contributed by atoms with Crippen molar-refractivity contribution in [3.63, 3.8) is 0 Å². The van der Waals surface area contributed by atoms with Crippen LogP contribution >= 0.6 is 0 Å². The van der Waals surface area contributed by atoms with Crippen LogP contribution in [0.1, 0.15) is 18.2 Å². The summed E-state index contributed by atoms with van der Waals surface area (Å²) in [5.41, 5.74) is 0.705. The largest absolute Gasteiger partial charge is 0.464 e. The average Bonchev–Trinajstić information content (AvgIpc) is 3.12. The molecule has 3 aromatic rings. The van der Waals surface area contributed by atoms with Gasteiger partial charge in [-0.3, -0.25) is 4.57 Å². The molecule has 2 aromatic carbocycles. The van der Waals surface area contributed by atoms with E-state index in [0.717, 1.165) is 10.9 Å². The number of nitrogens with one attached hydrogen (secondary N) is 1. The molecule has 0 fully saturated rings. The molecule has 1 amide bonds. The summed E-state index contributed by atoms with van der Waals surface area (Å²) in [6.45, 7) is 1.99. The van der Waals surface area contributed by atoms with Gasteiger partial charge in [0.2, 0.25) is 5.54 Å². The van der Waals surface area contributed by atoms with Crippen LogP contribution in [-0.2, 0) is 15.1 Å². The van der Waals surface area contributed by atoms with E-state index in [1.165, 1.54) is 0 Å². The van der Waals surface area contributed by atoms with Crippen LogP contribution in [0.15, 0.2) is 60.7 Å². The first-order chi connectivity index (χ1) is 11.7. The number of benzene rings is 2. The Bertz CT molecular complexity index is 946. The van der Waals surface area contributed by atoms with Gasteiger partial charge < -0.3 is 10.1 Å². The van der Waals surface area contributed by atoms with Gasteiger partial charge in [0.1, 0.15) is 0 Å². The van der Waals surface area contributed by atoms with Crippen LogP contribution in [0.3, 0.4) is 0 Å². The maximum atomic E-state index is 12.9. The fraction of sp³-hybridized carbons (Fsp3) is 0.158. The first-order valence-corrected chi connectivity index (χ1v) is 7.84. The number of ether oxygens (including phenoxy) is 1. The lowest BCUT2D eigenvalue weighted by atomic mass is 9.87. The molecule has 4 rings (SSSR count). The number of esters is 1. The number of carbonyl (C=O) groups is 2. The van der Waals surface area contributed by atoms with Crippen LogP contribution in [-0.4, -0.2) is 23.2 Å². The van der Waals surface area contributed by atoms with Crippen LogP contribution in [0.25, 0.3) is 10.9 Å². The van der Waals surface area contributed by atoms with Crippen LogP contribution in [0.5, 0.6) is 0 Å². The van der Waals surface area contributed by atoms with Crippen LogP contribution in [0.2, 0.25) is 0 Å². The molecule has 1 aromatic heterocycles. The number of para-hydroxylation sites is 1. The molecule has 120 valence electrons. The number of hydrogen-bond donors (Lipinski definition) is 1. The van der Waals surface area contributed by atoms with Gasteiger partial charge in [0.15, 0.2) is 0 Å². The lowest BCUT2D eigenvalue weighted by molar-refractivity contribution is -0.149. The van der Waals surface area contributed by atoms with Gasteiger partial charge in [-0.25, -0.2) is 9.59 Å². The highest BCUT2D eigenvalue weighted by Gasteiger charge is 2.52. The summed E-state index contributed by atoms with van der Waals surface area (Å²) in [5.74, 6) is -0.480. The van der Waals surface area contributed by atoms with E-state index in [1.807, 2.05) is 60.7 Å². The molecule has 0 saturated heterocycles. The fourth-order valence-corrected chi connectivity index (χ4v) is 3.35. The summed E-state index contributed by atoms with van der Waals surface area (Å²) in [7, 11) is 0. The number of rotatable bonds is 3. The topological polar surface area (TPSA) is 60.3 Å². The van der Waals surface area contributed by atoms with Crippen molar-refractivity contribution in [2.24, 2.45) is 0 Å². The second kappa shape index (κ2) is 5.23. The Kier molecular flexibility index (Phi) is 3.16. The molecule has 0 spiro atoms. The van der Waals surface area contributed by atoms with E-state index in [9.17, 15) is 9.59 Å². The Morgan fingerprint density at radius 1 is 1.12 bits per heavy atom. The third kappa shape index (κ3) is 1.81. The van der Waals surface area contributed by atoms with Crippen molar-refractivity contribution >= 4 is 22.9 Å². The maximum absolute atomic E-state index is 12.9. The van der Waals surface area contributed by atoms with E-state index in [2.05, 4.69) is 5.32 Å². The Labute approximate surface area is 138 Å². The van der Waals surface area contributed by atoms with E-state index in [-0.39, 0.29) is 12.6 Å². The molecule has 0 saturated carbocycles. The number of fused-ring (bicyclic) bond motifs is 3.